The van der Waals surface area contributed by atoms with Crippen molar-refractivity contribution in [1.29, 1.82) is 0 Å². The molecule has 0 radical (unpaired) electrons. The van der Waals surface area contributed by atoms with Crippen LogP contribution in [-0.4, -0.2) is 22.3 Å². The fourth-order valence-electron chi connectivity index (χ4n) is 4.02. The summed E-state index contributed by atoms with van der Waals surface area (Å²) in [7, 11) is 1.76. The Kier molecular flexibility index (Phi) is 8.72. The molecule has 1 aromatic heterocycles. The Morgan fingerprint density at radius 3 is 2.44 bits per heavy atom. The molecule has 0 spiro atoms. The summed E-state index contributed by atoms with van der Waals surface area (Å²) in [5.41, 5.74) is 3.10. The van der Waals surface area contributed by atoms with Gasteiger partial charge in [0.2, 0.25) is 5.91 Å². The highest BCUT2D eigenvalue weighted by Gasteiger charge is 2.17. The molecule has 3 aromatic carbocycles. The summed E-state index contributed by atoms with van der Waals surface area (Å²) >= 11 is 9.51. The molecule has 4 rings (SSSR count). The van der Waals surface area contributed by atoms with Crippen LogP contribution in [0.25, 0.3) is 10.9 Å². The zero-order valence-corrected chi connectivity index (χ0v) is 23.9. The molecule has 7 nitrogen and oxygen atoms in total. The summed E-state index contributed by atoms with van der Waals surface area (Å²) in [6, 6.07) is 16.7. The summed E-state index contributed by atoms with van der Waals surface area (Å²) in [6.07, 6.45) is 0. The maximum Gasteiger partial charge on any atom is 0.268 e. The molecular formula is C29H27BrClFN4O3. The van der Waals surface area contributed by atoms with Crippen LogP contribution in [0.5, 0.6) is 0 Å². The van der Waals surface area contributed by atoms with E-state index in [-0.39, 0.29) is 41.4 Å². The van der Waals surface area contributed by atoms with Crippen LogP contribution in [0, 0.1) is 11.7 Å². The predicted molar refractivity (Wildman–Crippen MR) is 154 cm³/mol. The average molecular weight is 614 g/mol. The highest BCUT2D eigenvalue weighted by molar-refractivity contribution is 9.10. The molecule has 3 N–H and O–H groups in total. The lowest BCUT2D eigenvalue weighted by molar-refractivity contribution is -0.124. The SMILES string of the molecule is CC(C)C(=O)NCc1ccc(Cl)c(C(=O)Nc2ccc3c(c2)cc(C(=O)NCc2ccc(Br)cc2F)n3C)c1. The molecule has 0 saturated carbocycles. The summed E-state index contributed by atoms with van der Waals surface area (Å²) in [5, 5.41) is 9.46. The number of carbonyl (C=O) groups is 3. The van der Waals surface area contributed by atoms with E-state index >= 15 is 0 Å². The van der Waals surface area contributed by atoms with E-state index in [0.717, 1.165) is 16.5 Å². The second-order valence-corrected chi connectivity index (χ2v) is 10.7. The topological polar surface area (TPSA) is 92.2 Å². The Labute approximate surface area is 238 Å². The largest absolute Gasteiger partial charge is 0.352 e. The van der Waals surface area contributed by atoms with Crippen LogP contribution in [-0.2, 0) is 24.9 Å². The van der Waals surface area contributed by atoms with Gasteiger partial charge in [-0.05, 0) is 54.1 Å². The molecule has 0 aliphatic rings. The lowest BCUT2D eigenvalue weighted by Gasteiger charge is -2.11. The van der Waals surface area contributed by atoms with Gasteiger partial charge in [0.05, 0.1) is 10.6 Å². The molecule has 1 heterocycles. The third-order valence-corrected chi connectivity index (χ3v) is 7.08. The van der Waals surface area contributed by atoms with E-state index < -0.39 is 11.7 Å². The Morgan fingerprint density at radius 1 is 0.949 bits per heavy atom. The average Bonchev–Trinajstić information content (AvgIpc) is 3.22. The zero-order valence-electron chi connectivity index (χ0n) is 21.6. The standard InChI is InChI=1S/C29H27BrClFN4O3/c1-16(2)27(37)33-14-17-4-8-23(31)22(10-17)28(38)35-21-7-9-25-19(11-21)12-26(36(25)3)29(39)34-15-18-5-6-20(30)13-24(18)32/h4-13,16H,14-15H2,1-3H3,(H,33,37)(H,34,39)(H,35,38). The van der Waals surface area contributed by atoms with Crippen molar-refractivity contribution in [2.75, 3.05) is 5.32 Å². The van der Waals surface area contributed by atoms with Gasteiger partial charge >= 0.3 is 0 Å². The molecule has 0 atom stereocenters. The summed E-state index contributed by atoms with van der Waals surface area (Å²) in [5.74, 6) is -1.39. The Hall–Kier alpha value is -3.69. The van der Waals surface area contributed by atoms with Gasteiger partial charge in [-0.25, -0.2) is 4.39 Å². The molecule has 0 aliphatic carbocycles. The molecular weight excluding hydrogens is 587 g/mol. The van der Waals surface area contributed by atoms with Gasteiger partial charge < -0.3 is 20.5 Å². The van der Waals surface area contributed by atoms with E-state index in [9.17, 15) is 18.8 Å². The quantitative estimate of drug-likeness (QED) is 0.221. The van der Waals surface area contributed by atoms with Crippen molar-refractivity contribution >= 4 is 61.8 Å². The van der Waals surface area contributed by atoms with Gasteiger partial charge in [-0.1, -0.05) is 53.5 Å². The van der Waals surface area contributed by atoms with Crippen molar-refractivity contribution in [3.63, 3.8) is 0 Å². The lowest BCUT2D eigenvalue weighted by Crippen LogP contribution is -2.27. The lowest BCUT2D eigenvalue weighted by atomic mass is 10.1. The predicted octanol–water partition coefficient (Wildman–Crippen LogP) is 6.19. The molecule has 0 aliphatic heterocycles. The van der Waals surface area contributed by atoms with Crippen LogP contribution in [0.1, 0.15) is 45.8 Å². The number of aromatic nitrogens is 1. The third-order valence-electron chi connectivity index (χ3n) is 6.25. The number of rotatable bonds is 8. The smallest absolute Gasteiger partial charge is 0.268 e. The Bertz CT molecular complexity index is 1580. The first-order valence-corrected chi connectivity index (χ1v) is 13.4. The van der Waals surface area contributed by atoms with Crippen LogP contribution < -0.4 is 16.0 Å². The first kappa shape index (κ1) is 28.3. The summed E-state index contributed by atoms with van der Waals surface area (Å²) in [6.45, 7) is 3.94. The summed E-state index contributed by atoms with van der Waals surface area (Å²) < 4.78 is 16.5. The van der Waals surface area contributed by atoms with E-state index in [1.54, 1.807) is 80.1 Å². The number of hydrogen-bond acceptors (Lipinski definition) is 3. The van der Waals surface area contributed by atoms with E-state index in [4.69, 9.17) is 11.6 Å². The number of nitrogens with one attached hydrogen (secondary N) is 3. The van der Waals surface area contributed by atoms with Gasteiger partial charge in [0.25, 0.3) is 11.8 Å². The van der Waals surface area contributed by atoms with Gasteiger partial charge in [-0.2, -0.15) is 0 Å². The summed E-state index contributed by atoms with van der Waals surface area (Å²) in [4.78, 5) is 37.8. The van der Waals surface area contributed by atoms with Crippen molar-refractivity contribution in [2.45, 2.75) is 26.9 Å². The van der Waals surface area contributed by atoms with Gasteiger partial charge in [-0.3, -0.25) is 14.4 Å². The molecule has 0 saturated heterocycles. The van der Waals surface area contributed by atoms with Crippen LogP contribution in [0.4, 0.5) is 10.1 Å². The second kappa shape index (κ2) is 12.0. The van der Waals surface area contributed by atoms with Crippen LogP contribution >= 0.6 is 27.5 Å². The minimum absolute atomic E-state index is 0.0434. The number of anilines is 1. The van der Waals surface area contributed by atoms with Crippen LogP contribution in [0.15, 0.2) is 65.1 Å². The molecule has 202 valence electrons. The second-order valence-electron chi connectivity index (χ2n) is 9.42. The van der Waals surface area contributed by atoms with Crippen molar-refractivity contribution in [1.82, 2.24) is 15.2 Å². The fourth-order valence-corrected chi connectivity index (χ4v) is 4.56. The molecule has 3 amide bonds. The van der Waals surface area contributed by atoms with Gasteiger partial charge in [-0.15, -0.1) is 0 Å². The van der Waals surface area contributed by atoms with Crippen molar-refractivity contribution in [2.24, 2.45) is 13.0 Å². The number of nitrogens with zero attached hydrogens (tertiary/aromatic N) is 1. The van der Waals surface area contributed by atoms with E-state index in [1.165, 1.54) is 6.07 Å². The molecule has 10 heteroatoms. The van der Waals surface area contributed by atoms with E-state index in [2.05, 4.69) is 31.9 Å². The highest BCUT2D eigenvalue weighted by Crippen LogP contribution is 2.25. The highest BCUT2D eigenvalue weighted by atomic mass is 79.9. The number of carbonyl (C=O) groups excluding carboxylic acids is 3. The van der Waals surface area contributed by atoms with Crippen LogP contribution in [0.3, 0.4) is 0 Å². The molecule has 4 aromatic rings. The number of amides is 3. The van der Waals surface area contributed by atoms with Gasteiger partial charge in [0, 0.05) is 52.7 Å². The molecule has 39 heavy (non-hydrogen) atoms. The van der Waals surface area contributed by atoms with E-state index in [1.807, 2.05) is 0 Å². The number of benzene rings is 3. The Balaban J connectivity index is 1.48. The molecule has 0 fully saturated rings. The van der Waals surface area contributed by atoms with Gasteiger partial charge in [0.1, 0.15) is 11.5 Å². The molecule has 0 unspecified atom stereocenters. The molecule has 0 bridgehead atoms. The maximum atomic E-state index is 14.1. The minimum Gasteiger partial charge on any atom is -0.352 e. The maximum absolute atomic E-state index is 14.1. The van der Waals surface area contributed by atoms with Gasteiger partial charge in [0.15, 0.2) is 0 Å². The number of aryl methyl sites for hydroxylation is 1. The normalized spacial score (nSPS) is 11.1. The third kappa shape index (κ3) is 6.66. The zero-order chi connectivity index (χ0) is 28.3. The first-order valence-electron chi connectivity index (χ1n) is 12.2. The van der Waals surface area contributed by atoms with E-state index in [0.29, 0.717) is 21.4 Å². The van der Waals surface area contributed by atoms with Crippen molar-refractivity contribution < 1.29 is 18.8 Å². The number of hydrogen-bond donors (Lipinski definition) is 3. The van der Waals surface area contributed by atoms with Crippen LogP contribution in [0.2, 0.25) is 5.02 Å². The van der Waals surface area contributed by atoms with Crippen molar-refractivity contribution in [3.05, 3.63) is 98.4 Å². The van der Waals surface area contributed by atoms with Crippen molar-refractivity contribution in [3.8, 4) is 0 Å². The minimum atomic E-state index is -0.409. The Morgan fingerprint density at radius 2 is 1.72 bits per heavy atom. The number of halogens is 3. The fraction of sp³-hybridized carbons (Fsp3) is 0.207. The first-order chi connectivity index (χ1) is 18.5. The monoisotopic (exact) mass is 612 g/mol. The number of fused-ring (bicyclic) bond motifs is 1.